The predicted octanol–water partition coefficient (Wildman–Crippen LogP) is 1.58. The molecule has 0 radical (unpaired) electrons. The topological polar surface area (TPSA) is 38.3 Å². The molecule has 0 fully saturated rings. The Balaban J connectivity index is 3.39. The van der Waals surface area contributed by atoms with Gasteiger partial charge in [0.25, 0.3) is 0 Å². The zero-order valence-corrected chi connectivity index (χ0v) is 9.93. The predicted molar refractivity (Wildman–Crippen MR) is 61.4 cm³/mol. The van der Waals surface area contributed by atoms with E-state index >= 15 is 0 Å². The van der Waals surface area contributed by atoms with Crippen molar-refractivity contribution < 1.29 is 9.53 Å². The van der Waals surface area contributed by atoms with Gasteiger partial charge in [-0.2, -0.15) is 0 Å². The summed E-state index contributed by atoms with van der Waals surface area (Å²) >= 11 is 0. The zero-order valence-electron chi connectivity index (χ0n) is 9.93. The van der Waals surface area contributed by atoms with E-state index in [0.717, 1.165) is 12.8 Å². The van der Waals surface area contributed by atoms with Crippen molar-refractivity contribution in [3.63, 3.8) is 0 Å². The first-order valence-corrected chi connectivity index (χ1v) is 5.49. The highest BCUT2D eigenvalue weighted by molar-refractivity contribution is 5.77. The molecule has 0 unspecified atom stereocenters. The molecule has 0 aliphatic heterocycles. The van der Waals surface area contributed by atoms with E-state index in [9.17, 15) is 4.79 Å². The zero-order chi connectivity index (χ0) is 11.5. The molecule has 0 bridgehead atoms. The number of hydrogen-bond donors (Lipinski definition) is 1. The van der Waals surface area contributed by atoms with Crippen LogP contribution in [0.4, 0.5) is 0 Å². The average Bonchev–Trinajstić information content (AvgIpc) is 2.19. The fourth-order valence-electron chi connectivity index (χ4n) is 0.860. The van der Waals surface area contributed by atoms with Crippen LogP contribution in [0.1, 0.15) is 33.6 Å². The summed E-state index contributed by atoms with van der Waals surface area (Å²) in [6.07, 6.45) is 2.09. The maximum atomic E-state index is 11.1. The van der Waals surface area contributed by atoms with E-state index in [4.69, 9.17) is 4.74 Å². The van der Waals surface area contributed by atoms with Crippen LogP contribution in [-0.2, 0) is 9.53 Å². The molecule has 0 aromatic rings. The SMILES string of the molecule is CCCCOCC(=O)NCC#CC(C)C. The van der Waals surface area contributed by atoms with Crippen LogP contribution in [0.15, 0.2) is 0 Å². The van der Waals surface area contributed by atoms with Crippen LogP contribution in [0.2, 0.25) is 0 Å². The lowest BCUT2D eigenvalue weighted by atomic mass is 10.2. The number of unbranched alkanes of at least 4 members (excludes halogenated alkanes) is 1. The Morgan fingerprint density at radius 2 is 2.20 bits per heavy atom. The Labute approximate surface area is 92.6 Å². The van der Waals surface area contributed by atoms with Gasteiger partial charge in [0.05, 0.1) is 6.54 Å². The Bertz CT molecular complexity index is 226. The second-order valence-electron chi connectivity index (χ2n) is 3.66. The van der Waals surface area contributed by atoms with Gasteiger partial charge in [-0.3, -0.25) is 4.79 Å². The summed E-state index contributed by atoms with van der Waals surface area (Å²) in [5.74, 6) is 6.11. The second kappa shape index (κ2) is 9.54. The number of rotatable bonds is 6. The molecular weight excluding hydrogens is 190 g/mol. The van der Waals surface area contributed by atoms with Crippen molar-refractivity contribution in [1.82, 2.24) is 5.32 Å². The van der Waals surface area contributed by atoms with Crippen LogP contribution in [0, 0.1) is 17.8 Å². The summed E-state index contributed by atoms with van der Waals surface area (Å²) in [5, 5.41) is 2.68. The first-order valence-electron chi connectivity index (χ1n) is 5.49. The monoisotopic (exact) mass is 211 g/mol. The van der Waals surface area contributed by atoms with Gasteiger partial charge in [-0.25, -0.2) is 0 Å². The van der Waals surface area contributed by atoms with Gasteiger partial charge in [-0.1, -0.05) is 39.0 Å². The standard InChI is InChI=1S/C12H21NO2/c1-4-5-9-15-10-12(14)13-8-6-7-11(2)3/h11H,4-5,8-10H2,1-3H3,(H,13,14). The van der Waals surface area contributed by atoms with Crippen LogP contribution in [0.5, 0.6) is 0 Å². The van der Waals surface area contributed by atoms with Crippen molar-refractivity contribution in [3.8, 4) is 11.8 Å². The van der Waals surface area contributed by atoms with Crippen LogP contribution in [-0.4, -0.2) is 25.7 Å². The minimum absolute atomic E-state index is 0.0934. The highest BCUT2D eigenvalue weighted by atomic mass is 16.5. The minimum atomic E-state index is -0.0934. The van der Waals surface area contributed by atoms with Gasteiger partial charge in [0.1, 0.15) is 6.61 Å². The molecule has 0 spiro atoms. The minimum Gasteiger partial charge on any atom is -0.372 e. The van der Waals surface area contributed by atoms with E-state index in [0.29, 0.717) is 19.1 Å². The first kappa shape index (κ1) is 14.0. The van der Waals surface area contributed by atoms with Crippen molar-refractivity contribution in [2.24, 2.45) is 5.92 Å². The Morgan fingerprint density at radius 3 is 2.80 bits per heavy atom. The van der Waals surface area contributed by atoms with E-state index in [2.05, 4.69) is 24.1 Å². The molecule has 0 saturated heterocycles. The molecular formula is C12H21NO2. The summed E-state index contributed by atoms with van der Waals surface area (Å²) in [6, 6.07) is 0. The van der Waals surface area contributed by atoms with Crippen molar-refractivity contribution >= 4 is 5.91 Å². The van der Waals surface area contributed by atoms with E-state index in [1.807, 2.05) is 13.8 Å². The molecule has 1 amide bonds. The molecule has 15 heavy (non-hydrogen) atoms. The lowest BCUT2D eigenvalue weighted by Crippen LogP contribution is -2.28. The smallest absolute Gasteiger partial charge is 0.246 e. The van der Waals surface area contributed by atoms with Crippen LogP contribution < -0.4 is 5.32 Å². The van der Waals surface area contributed by atoms with Gasteiger partial charge < -0.3 is 10.1 Å². The summed E-state index contributed by atoms with van der Waals surface area (Å²) < 4.78 is 5.15. The van der Waals surface area contributed by atoms with Crippen molar-refractivity contribution in [2.75, 3.05) is 19.8 Å². The molecule has 0 heterocycles. The fraction of sp³-hybridized carbons (Fsp3) is 0.750. The highest BCUT2D eigenvalue weighted by Gasteiger charge is 1.98. The third kappa shape index (κ3) is 10.9. The average molecular weight is 211 g/mol. The molecule has 0 aromatic carbocycles. The number of ether oxygens (including phenoxy) is 1. The summed E-state index contributed by atoms with van der Waals surface area (Å²) in [4.78, 5) is 11.1. The van der Waals surface area contributed by atoms with Crippen LogP contribution in [0.3, 0.4) is 0 Å². The lowest BCUT2D eigenvalue weighted by Gasteiger charge is -2.02. The van der Waals surface area contributed by atoms with E-state index in [1.54, 1.807) is 0 Å². The molecule has 0 saturated carbocycles. The molecule has 3 nitrogen and oxygen atoms in total. The summed E-state index contributed by atoms with van der Waals surface area (Å²) in [6.45, 7) is 7.33. The van der Waals surface area contributed by atoms with Gasteiger partial charge >= 0.3 is 0 Å². The second-order valence-corrected chi connectivity index (χ2v) is 3.66. The molecule has 1 N–H and O–H groups in total. The Morgan fingerprint density at radius 1 is 1.47 bits per heavy atom. The van der Waals surface area contributed by atoms with Crippen molar-refractivity contribution in [2.45, 2.75) is 33.6 Å². The quantitative estimate of drug-likeness (QED) is 0.535. The Hall–Kier alpha value is -1.01. The normalized spacial score (nSPS) is 9.60. The molecule has 0 atom stereocenters. The molecule has 0 aromatic heterocycles. The third-order valence-electron chi connectivity index (χ3n) is 1.64. The Kier molecular flexibility index (Phi) is 8.90. The fourth-order valence-corrected chi connectivity index (χ4v) is 0.860. The number of carbonyl (C=O) groups excluding carboxylic acids is 1. The van der Waals surface area contributed by atoms with Gasteiger partial charge in [0.15, 0.2) is 0 Å². The van der Waals surface area contributed by atoms with Crippen molar-refractivity contribution in [3.05, 3.63) is 0 Å². The van der Waals surface area contributed by atoms with E-state index in [1.165, 1.54) is 0 Å². The summed E-state index contributed by atoms with van der Waals surface area (Å²) in [5.41, 5.74) is 0. The van der Waals surface area contributed by atoms with Crippen molar-refractivity contribution in [1.29, 1.82) is 0 Å². The van der Waals surface area contributed by atoms with Gasteiger partial charge in [0, 0.05) is 12.5 Å². The van der Waals surface area contributed by atoms with Gasteiger partial charge in [0.2, 0.25) is 5.91 Å². The van der Waals surface area contributed by atoms with Crippen LogP contribution >= 0.6 is 0 Å². The number of carbonyl (C=O) groups is 1. The molecule has 0 aliphatic carbocycles. The molecule has 0 rings (SSSR count). The number of nitrogens with one attached hydrogen (secondary N) is 1. The lowest BCUT2D eigenvalue weighted by molar-refractivity contribution is -0.125. The summed E-state index contributed by atoms with van der Waals surface area (Å²) in [7, 11) is 0. The van der Waals surface area contributed by atoms with Crippen LogP contribution in [0.25, 0.3) is 0 Å². The maximum Gasteiger partial charge on any atom is 0.246 e. The van der Waals surface area contributed by atoms with E-state index in [-0.39, 0.29) is 12.5 Å². The number of hydrogen-bond acceptors (Lipinski definition) is 2. The van der Waals surface area contributed by atoms with Gasteiger partial charge in [-0.15, -0.1) is 0 Å². The highest BCUT2D eigenvalue weighted by Crippen LogP contribution is 1.87. The first-order chi connectivity index (χ1) is 7.16. The number of amides is 1. The largest absolute Gasteiger partial charge is 0.372 e. The molecule has 86 valence electrons. The van der Waals surface area contributed by atoms with Gasteiger partial charge in [-0.05, 0) is 6.42 Å². The molecule has 0 aliphatic rings. The maximum absolute atomic E-state index is 11.1. The third-order valence-corrected chi connectivity index (χ3v) is 1.64. The molecule has 3 heteroatoms. The van der Waals surface area contributed by atoms with E-state index < -0.39 is 0 Å².